The van der Waals surface area contributed by atoms with Crippen LogP contribution in [0.1, 0.15) is 60.2 Å². The van der Waals surface area contributed by atoms with Crippen LogP contribution in [0.4, 0.5) is 0 Å². The summed E-state index contributed by atoms with van der Waals surface area (Å²) in [6.45, 7) is 10.8. The van der Waals surface area contributed by atoms with Crippen LogP contribution in [0.25, 0.3) is 0 Å². The van der Waals surface area contributed by atoms with Crippen molar-refractivity contribution < 1.29 is 19.1 Å². The molecule has 122 valence electrons. The lowest BCUT2D eigenvalue weighted by Crippen LogP contribution is -2.14. The van der Waals surface area contributed by atoms with E-state index in [2.05, 4.69) is 13.2 Å². The minimum Gasteiger partial charge on any atom is -0.462 e. The van der Waals surface area contributed by atoms with Crippen LogP contribution in [0.2, 0.25) is 0 Å². The van der Waals surface area contributed by atoms with Crippen LogP contribution in [0.15, 0.2) is 37.4 Å². The molecule has 1 aromatic rings. The molecule has 0 N–H and O–H groups in total. The van der Waals surface area contributed by atoms with E-state index in [1.165, 1.54) is 0 Å². The normalized spacial score (nSPS) is 9.36. The van der Waals surface area contributed by atoms with E-state index in [9.17, 15) is 9.59 Å². The van der Waals surface area contributed by atoms with Gasteiger partial charge >= 0.3 is 11.9 Å². The summed E-state index contributed by atoms with van der Waals surface area (Å²) in [5.41, 5.74) is 0.537. The van der Waals surface area contributed by atoms with E-state index in [-0.39, 0.29) is 11.1 Å². The number of rotatable bonds is 8. The molecule has 1 rings (SSSR count). The maximum Gasteiger partial charge on any atom is 0.339 e. The fourth-order valence-corrected chi connectivity index (χ4v) is 1.61. The topological polar surface area (TPSA) is 52.6 Å². The van der Waals surface area contributed by atoms with Crippen LogP contribution in [-0.2, 0) is 9.47 Å². The molecule has 0 aromatic heterocycles. The Morgan fingerprint density at radius 1 is 0.864 bits per heavy atom. The summed E-state index contributed by atoms with van der Waals surface area (Å²) in [4.78, 5) is 23.9. The summed E-state index contributed by atoms with van der Waals surface area (Å²) in [7, 11) is 0. The number of hydrogen-bond donors (Lipinski definition) is 0. The number of unbranched alkanes of at least 4 members (excludes halogenated alkanes) is 2. The average Bonchev–Trinajstić information content (AvgIpc) is 2.57. The number of carbonyl (C=O) groups is 2. The van der Waals surface area contributed by atoms with Gasteiger partial charge in [0, 0.05) is 0 Å². The Balaban J connectivity index is 0.00000211. The molecular weight excluding hydrogens is 280 g/mol. The molecule has 0 amide bonds. The van der Waals surface area contributed by atoms with Crippen LogP contribution < -0.4 is 0 Å². The first-order valence-corrected chi connectivity index (χ1v) is 7.64. The van der Waals surface area contributed by atoms with Crippen LogP contribution in [-0.4, -0.2) is 25.2 Å². The highest BCUT2D eigenvalue weighted by Crippen LogP contribution is 2.12. The molecule has 4 nitrogen and oxygen atoms in total. The molecule has 0 aliphatic carbocycles. The van der Waals surface area contributed by atoms with Gasteiger partial charge in [-0.15, -0.1) is 13.2 Å². The first kappa shape index (κ1) is 19.9. The standard InChI is InChI=1S/C16H22O4.C2H4/c1-3-5-11-19-15(17)13-9-7-8-10-14(13)16(18)20-12-6-4-2;1-2/h7-10H,3-6,11-12H2,1-2H3;1-2H2. The quantitative estimate of drug-likeness (QED) is 0.406. The van der Waals surface area contributed by atoms with Crippen molar-refractivity contribution in [1.82, 2.24) is 0 Å². The minimum atomic E-state index is -0.471. The van der Waals surface area contributed by atoms with Gasteiger partial charge in [0.05, 0.1) is 24.3 Å². The van der Waals surface area contributed by atoms with E-state index in [1.54, 1.807) is 24.3 Å². The molecule has 0 fully saturated rings. The van der Waals surface area contributed by atoms with E-state index in [0.717, 1.165) is 25.7 Å². The predicted molar refractivity (Wildman–Crippen MR) is 88.1 cm³/mol. The SMILES string of the molecule is C=C.CCCCOC(=O)c1ccccc1C(=O)OCCCC. The summed E-state index contributed by atoms with van der Waals surface area (Å²) < 4.78 is 10.3. The molecule has 0 saturated heterocycles. The number of hydrogen-bond acceptors (Lipinski definition) is 4. The second-order valence-corrected chi connectivity index (χ2v) is 4.52. The van der Waals surface area contributed by atoms with E-state index in [0.29, 0.717) is 13.2 Å². The maximum absolute atomic E-state index is 11.9. The Labute approximate surface area is 133 Å². The van der Waals surface area contributed by atoms with E-state index >= 15 is 0 Å². The first-order valence-electron chi connectivity index (χ1n) is 7.64. The van der Waals surface area contributed by atoms with Gasteiger partial charge in [-0.3, -0.25) is 0 Å². The third kappa shape index (κ3) is 7.07. The van der Waals surface area contributed by atoms with Crippen molar-refractivity contribution in [1.29, 1.82) is 0 Å². The minimum absolute atomic E-state index is 0.269. The van der Waals surface area contributed by atoms with Crippen molar-refractivity contribution in [2.45, 2.75) is 39.5 Å². The van der Waals surface area contributed by atoms with Gasteiger partial charge in [0.1, 0.15) is 0 Å². The van der Waals surface area contributed by atoms with Gasteiger partial charge in [-0.25, -0.2) is 9.59 Å². The highest BCUT2D eigenvalue weighted by atomic mass is 16.5. The third-order valence-electron chi connectivity index (χ3n) is 2.83. The summed E-state index contributed by atoms with van der Waals surface area (Å²) in [6.07, 6.45) is 3.53. The molecule has 22 heavy (non-hydrogen) atoms. The van der Waals surface area contributed by atoms with Crippen LogP contribution in [0.3, 0.4) is 0 Å². The Kier molecular flexibility index (Phi) is 11.4. The second kappa shape index (κ2) is 12.6. The van der Waals surface area contributed by atoms with Crippen molar-refractivity contribution in [2.24, 2.45) is 0 Å². The molecule has 4 heteroatoms. The monoisotopic (exact) mass is 306 g/mol. The van der Waals surface area contributed by atoms with Gasteiger partial charge in [-0.2, -0.15) is 0 Å². The highest BCUT2D eigenvalue weighted by Gasteiger charge is 2.18. The summed E-state index contributed by atoms with van der Waals surface area (Å²) in [6, 6.07) is 6.59. The molecule has 0 radical (unpaired) electrons. The predicted octanol–water partition coefficient (Wildman–Crippen LogP) is 4.40. The van der Waals surface area contributed by atoms with Gasteiger partial charge in [0.15, 0.2) is 0 Å². The molecule has 0 bridgehead atoms. The Morgan fingerprint density at radius 2 is 1.23 bits per heavy atom. The molecule has 0 aliphatic rings. The van der Waals surface area contributed by atoms with Crippen LogP contribution in [0, 0.1) is 0 Å². The number of esters is 2. The third-order valence-corrected chi connectivity index (χ3v) is 2.83. The molecule has 0 aliphatic heterocycles. The van der Waals surface area contributed by atoms with Crippen molar-refractivity contribution >= 4 is 11.9 Å². The fourth-order valence-electron chi connectivity index (χ4n) is 1.61. The lowest BCUT2D eigenvalue weighted by atomic mass is 10.1. The van der Waals surface area contributed by atoms with Crippen molar-refractivity contribution in [3.8, 4) is 0 Å². The second-order valence-electron chi connectivity index (χ2n) is 4.52. The lowest BCUT2D eigenvalue weighted by molar-refractivity contribution is 0.0452. The average molecular weight is 306 g/mol. The van der Waals surface area contributed by atoms with Crippen LogP contribution in [0.5, 0.6) is 0 Å². The van der Waals surface area contributed by atoms with Gasteiger partial charge in [0.25, 0.3) is 0 Å². The summed E-state index contributed by atoms with van der Waals surface area (Å²) in [5, 5.41) is 0. The van der Waals surface area contributed by atoms with Crippen molar-refractivity contribution in [3.05, 3.63) is 48.6 Å². The van der Waals surface area contributed by atoms with Crippen molar-refractivity contribution in [3.63, 3.8) is 0 Å². The highest BCUT2D eigenvalue weighted by molar-refractivity contribution is 6.03. The molecule has 0 unspecified atom stereocenters. The lowest BCUT2D eigenvalue weighted by Gasteiger charge is -2.09. The van der Waals surface area contributed by atoms with Crippen LogP contribution >= 0.6 is 0 Å². The largest absolute Gasteiger partial charge is 0.462 e. The summed E-state index contributed by atoms with van der Waals surface area (Å²) in [5.74, 6) is -0.942. The Morgan fingerprint density at radius 3 is 1.55 bits per heavy atom. The Hall–Kier alpha value is -2.10. The molecule has 0 atom stereocenters. The van der Waals surface area contributed by atoms with E-state index < -0.39 is 11.9 Å². The zero-order valence-corrected chi connectivity index (χ0v) is 13.6. The fraction of sp³-hybridized carbons (Fsp3) is 0.444. The molecule has 0 spiro atoms. The maximum atomic E-state index is 11.9. The van der Waals surface area contributed by atoms with Gasteiger partial charge < -0.3 is 9.47 Å². The van der Waals surface area contributed by atoms with Gasteiger partial charge in [0.2, 0.25) is 0 Å². The smallest absolute Gasteiger partial charge is 0.339 e. The number of ether oxygens (including phenoxy) is 2. The zero-order valence-electron chi connectivity index (χ0n) is 13.6. The summed E-state index contributed by atoms with van der Waals surface area (Å²) >= 11 is 0. The molecule has 0 heterocycles. The number of carbonyl (C=O) groups excluding carboxylic acids is 2. The van der Waals surface area contributed by atoms with Gasteiger partial charge in [-0.05, 0) is 25.0 Å². The van der Waals surface area contributed by atoms with Gasteiger partial charge in [-0.1, -0.05) is 38.8 Å². The number of benzene rings is 1. The first-order chi connectivity index (χ1) is 10.7. The zero-order chi connectivity index (χ0) is 16.8. The Bertz CT molecular complexity index is 413. The molecular formula is C18H26O4. The molecule has 1 aromatic carbocycles. The van der Waals surface area contributed by atoms with E-state index in [1.807, 2.05) is 13.8 Å². The van der Waals surface area contributed by atoms with Crippen molar-refractivity contribution in [2.75, 3.05) is 13.2 Å². The molecule has 0 saturated carbocycles. The van der Waals surface area contributed by atoms with E-state index in [4.69, 9.17) is 9.47 Å².